The zero-order valence-electron chi connectivity index (χ0n) is 13.9. The number of hydrogen-bond acceptors (Lipinski definition) is 5. The highest BCUT2D eigenvalue weighted by molar-refractivity contribution is 5.83. The maximum atomic E-state index is 13.2. The van der Waals surface area contributed by atoms with Gasteiger partial charge >= 0.3 is 0 Å². The van der Waals surface area contributed by atoms with Crippen LogP contribution in [-0.2, 0) is 4.79 Å². The third-order valence-electron chi connectivity index (χ3n) is 4.90. The first-order valence-corrected chi connectivity index (χ1v) is 8.65. The van der Waals surface area contributed by atoms with Crippen molar-refractivity contribution in [2.75, 3.05) is 58.9 Å². The van der Waals surface area contributed by atoms with Crippen molar-refractivity contribution in [1.82, 2.24) is 25.0 Å². The van der Waals surface area contributed by atoms with Crippen LogP contribution in [0.3, 0.4) is 0 Å². The molecule has 0 radical (unpaired) electrons. The molecule has 6 nitrogen and oxygen atoms in total. The SMILES string of the molecule is CCN1CCN(C(C(=O)N2CCNCC2)c2ccncc2)CC1. The Hall–Kier alpha value is -1.50. The van der Waals surface area contributed by atoms with Crippen LogP contribution in [0.25, 0.3) is 0 Å². The summed E-state index contributed by atoms with van der Waals surface area (Å²) in [6, 6.07) is 3.79. The van der Waals surface area contributed by atoms with Gasteiger partial charge in [-0.3, -0.25) is 14.7 Å². The van der Waals surface area contributed by atoms with Crippen LogP contribution in [0.5, 0.6) is 0 Å². The van der Waals surface area contributed by atoms with Crippen LogP contribution >= 0.6 is 0 Å². The fraction of sp³-hybridized carbons (Fsp3) is 0.647. The molecule has 2 aliphatic rings. The molecular weight excluding hydrogens is 290 g/mol. The highest BCUT2D eigenvalue weighted by Crippen LogP contribution is 2.24. The van der Waals surface area contributed by atoms with Gasteiger partial charge in [0.25, 0.3) is 0 Å². The molecule has 2 fully saturated rings. The molecule has 0 spiro atoms. The van der Waals surface area contributed by atoms with E-state index in [0.29, 0.717) is 0 Å². The van der Waals surface area contributed by atoms with E-state index < -0.39 is 0 Å². The Bertz CT molecular complexity index is 495. The van der Waals surface area contributed by atoms with Crippen LogP contribution in [0.1, 0.15) is 18.5 Å². The van der Waals surface area contributed by atoms with E-state index in [2.05, 4.69) is 27.0 Å². The van der Waals surface area contributed by atoms with E-state index in [4.69, 9.17) is 0 Å². The molecule has 1 aromatic heterocycles. The van der Waals surface area contributed by atoms with Crippen molar-refractivity contribution in [1.29, 1.82) is 0 Å². The molecule has 3 heterocycles. The van der Waals surface area contributed by atoms with Crippen LogP contribution in [-0.4, -0.2) is 84.5 Å². The monoisotopic (exact) mass is 317 g/mol. The fourth-order valence-electron chi connectivity index (χ4n) is 3.45. The molecule has 1 atom stereocenters. The number of pyridine rings is 1. The van der Waals surface area contributed by atoms with Crippen molar-refractivity contribution < 1.29 is 4.79 Å². The predicted octanol–water partition coefficient (Wildman–Crippen LogP) is 0.192. The first-order valence-electron chi connectivity index (χ1n) is 8.65. The average molecular weight is 317 g/mol. The van der Waals surface area contributed by atoms with Gasteiger partial charge in [0.05, 0.1) is 0 Å². The van der Waals surface area contributed by atoms with Crippen LogP contribution in [0.4, 0.5) is 0 Å². The van der Waals surface area contributed by atoms with Gasteiger partial charge < -0.3 is 15.1 Å². The number of nitrogens with one attached hydrogen (secondary N) is 1. The minimum absolute atomic E-state index is 0.171. The first-order chi connectivity index (χ1) is 11.3. The van der Waals surface area contributed by atoms with Crippen molar-refractivity contribution in [3.63, 3.8) is 0 Å². The highest BCUT2D eigenvalue weighted by atomic mass is 16.2. The summed E-state index contributed by atoms with van der Waals surface area (Å²) in [5.41, 5.74) is 1.06. The number of carbonyl (C=O) groups is 1. The molecule has 3 rings (SSSR count). The lowest BCUT2D eigenvalue weighted by atomic mass is 10.0. The molecule has 6 heteroatoms. The number of aromatic nitrogens is 1. The van der Waals surface area contributed by atoms with E-state index in [1.807, 2.05) is 17.0 Å². The van der Waals surface area contributed by atoms with Crippen molar-refractivity contribution >= 4 is 5.91 Å². The van der Waals surface area contributed by atoms with E-state index in [1.165, 1.54) is 0 Å². The zero-order chi connectivity index (χ0) is 16.1. The first kappa shape index (κ1) is 16.4. The van der Waals surface area contributed by atoms with Gasteiger partial charge in [0, 0.05) is 64.8 Å². The molecular formula is C17H27N5O. The molecule has 23 heavy (non-hydrogen) atoms. The number of nitrogens with zero attached hydrogens (tertiary/aromatic N) is 4. The van der Waals surface area contributed by atoms with Gasteiger partial charge in [-0.2, -0.15) is 0 Å². The van der Waals surface area contributed by atoms with Crippen LogP contribution in [0.2, 0.25) is 0 Å². The van der Waals surface area contributed by atoms with Crippen molar-refractivity contribution in [3.05, 3.63) is 30.1 Å². The Morgan fingerprint density at radius 2 is 1.78 bits per heavy atom. The summed E-state index contributed by atoms with van der Waals surface area (Å²) < 4.78 is 0. The summed E-state index contributed by atoms with van der Waals surface area (Å²) in [6.07, 6.45) is 3.57. The summed E-state index contributed by atoms with van der Waals surface area (Å²) in [4.78, 5) is 24.1. The summed E-state index contributed by atoms with van der Waals surface area (Å²) in [7, 11) is 0. The summed E-state index contributed by atoms with van der Waals surface area (Å²) >= 11 is 0. The molecule has 126 valence electrons. The lowest BCUT2D eigenvalue weighted by Crippen LogP contribution is -2.54. The molecule has 0 bridgehead atoms. The molecule has 0 aliphatic carbocycles. The van der Waals surface area contributed by atoms with E-state index in [1.54, 1.807) is 12.4 Å². The zero-order valence-corrected chi connectivity index (χ0v) is 13.9. The number of piperazine rings is 2. The second-order valence-corrected chi connectivity index (χ2v) is 6.23. The lowest BCUT2D eigenvalue weighted by molar-refractivity contribution is -0.138. The van der Waals surface area contributed by atoms with Gasteiger partial charge in [-0.05, 0) is 24.2 Å². The highest BCUT2D eigenvalue weighted by Gasteiger charge is 2.33. The number of amides is 1. The van der Waals surface area contributed by atoms with Crippen molar-refractivity contribution in [2.24, 2.45) is 0 Å². The fourth-order valence-corrected chi connectivity index (χ4v) is 3.45. The van der Waals surface area contributed by atoms with E-state index in [-0.39, 0.29) is 11.9 Å². The van der Waals surface area contributed by atoms with Gasteiger partial charge in [0.1, 0.15) is 6.04 Å². The van der Waals surface area contributed by atoms with Gasteiger partial charge in [0.2, 0.25) is 5.91 Å². The molecule has 1 aromatic rings. The maximum absolute atomic E-state index is 13.2. The van der Waals surface area contributed by atoms with Crippen molar-refractivity contribution in [2.45, 2.75) is 13.0 Å². The number of rotatable bonds is 4. The van der Waals surface area contributed by atoms with Gasteiger partial charge in [-0.15, -0.1) is 0 Å². The van der Waals surface area contributed by atoms with Crippen LogP contribution in [0, 0.1) is 0 Å². The minimum Gasteiger partial charge on any atom is -0.338 e. The second kappa shape index (κ2) is 7.86. The van der Waals surface area contributed by atoms with E-state index in [0.717, 1.165) is 64.5 Å². The third kappa shape index (κ3) is 3.88. The van der Waals surface area contributed by atoms with Gasteiger partial charge in [0.15, 0.2) is 0 Å². The maximum Gasteiger partial charge on any atom is 0.244 e. The van der Waals surface area contributed by atoms with E-state index in [9.17, 15) is 4.79 Å². The molecule has 1 N–H and O–H groups in total. The quantitative estimate of drug-likeness (QED) is 0.859. The third-order valence-corrected chi connectivity index (χ3v) is 4.90. The second-order valence-electron chi connectivity index (χ2n) is 6.23. The van der Waals surface area contributed by atoms with Crippen LogP contribution < -0.4 is 5.32 Å². The minimum atomic E-state index is -0.171. The largest absolute Gasteiger partial charge is 0.338 e. The van der Waals surface area contributed by atoms with E-state index >= 15 is 0 Å². The number of hydrogen-bond donors (Lipinski definition) is 1. The standard InChI is InChI=1S/C17H27N5O/c1-2-20-11-13-21(14-12-20)16(15-3-5-18-6-4-15)17(23)22-9-7-19-8-10-22/h3-6,16,19H,2,7-14H2,1H3. The predicted molar refractivity (Wildman–Crippen MR) is 90.1 cm³/mol. The Labute approximate surface area is 138 Å². The Balaban J connectivity index is 1.78. The molecule has 2 saturated heterocycles. The number of likely N-dealkylation sites (N-methyl/N-ethyl adjacent to an activating group) is 1. The molecule has 0 saturated carbocycles. The molecule has 1 unspecified atom stereocenters. The molecule has 1 amide bonds. The summed E-state index contributed by atoms with van der Waals surface area (Å²) in [6.45, 7) is 10.6. The normalized spacial score (nSPS) is 22.0. The average Bonchev–Trinajstić information content (AvgIpc) is 2.64. The summed E-state index contributed by atoms with van der Waals surface area (Å²) in [5.74, 6) is 0.239. The Morgan fingerprint density at radius 3 is 2.39 bits per heavy atom. The molecule has 0 aromatic carbocycles. The lowest BCUT2D eigenvalue weighted by Gasteiger charge is -2.40. The Morgan fingerprint density at radius 1 is 1.13 bits per heavy atom. The Kier molecular flexibility index (Phi) is 5.59. The topological polar surface area (TPSA) is 51.7 Å². The summed E-state index contributed by atoms with van der Waals surface area (Å²) in [5, 5.41) is 3.32. The smallest absolute Gasteiger partial charge is 0.244 e. The van der Waals surface area contributed by atoms with Crippen LogP contribution in [0.15, 0.2) is 24.5 Å². The molecule has 2 aliphatic heterocycles. The van der Waals surface area contributed by atoms with Gasteiger partial charge in [-0.1, -0.05) is 6.92 Å². The van der Waals surface area contributed by atoms with Gasteiger partial charge in [-0.25, -0.2) is 0 Å². The number of carbonyl (C=O) groups excluding carboxylic acids is 1. The van der Waals surface area contributed by atoms with Crippen molar-refractivity contribution in [3.8, 4) is 0 Å².